The van der Waals surface area contributed by atoms with Crippen molar-refractivity contribution in [3.05, 3.63) is 11.8 Å². The van der Waals surface area contributed by atoms with E-state index in [0.717, 1.165) is 18.5 Å². The first-order valence-corrected chi connectivity index (χ1v) is 4.14. The van der Waals surface area contributed by atoms with Crippen molar-refractivity contribution in [2.75, 3.05) is 13.7 Å². The van der Waals surface area contributed by atoms with E-state index < -0.39 is 0 Å². The highest BCUT2D eigenvalue weighted by molar-refractivity contribution is 5.24. The smallest absolute Gasteiger partial charge is 0.315 e. The molecular weight excluding hydrogens is 156 g/mol. The van der Waals surface area contributed by atoms with Crippen LogP contribution in [0.25, 0.3) is 0 Å². The second-order valence-electron chi connectivity index (χ2n) is 2.92. The Morgan fingerprint density at radius 2 is 2.67 bits per heavy atom. The van der Waals surface area contributed by atoms with Crippen LogP contribution >= 0.6 is 0 Å². The lowest BCUT2D eigenvalue weighted by molar-refractivity contribution is 0.256. The third kappa shape index (κ3) is 1.18. The molecule has 1 aromatic rings. The first-order valence-electron chi connectivity index (χ1n) is 4.14. The molecule has 4 nitrogen and oxygen atoms in total. The van der Waals surface area contributed by atoms with Crippen molar-refractivity contribution in [1.29, 1.82) is 0 Å². The van der Waals surface area contributed by atoms with E-state index in [0.29, 0.717) is 12.0 Å². The fraction of sp³-hybridized carbons (Fsp3) is 0.625. The minimum absolute atomic E-state index is 0.367. The van der Waals surface area contributed by atoms with Crippen LogP contribution in [0.4, 0.5) is 0 Å². The summed E-state index contributed by atoms with van der Waals surface area (Å²) in [6, 6.07) is 0.367. The topological polar surface area (TPSA) is 47.3 Å². The largest absolute Gasteiger partial charge is 0.467 e. The van der Waals surface area contributed by atoms with E-state index in [1.54, 1.807) is 13.3 Å². The molecule has 4 heteroatoms. The number of aromatic nitrogens is 1. The van der Waals surface area contributed by atoms with Gasteiger partial charge in [0, 0.05) is 6.04 Å². The standard InChI is InChI=1S/C8H12N2O2/c1-11-8-6(5-10-12-8)7-3-2-4-9-7/h5,7,9H,2-4H2,1H3. The first kappa shape index (κ1) is 7.61. The van der Waals surface area contributed by atoms with Gasteiger partial charge in [-0.15, -0.1) is 0 Å². The maximum atomic E-state index is 5.03. The lowest BCUT2D eigenvalue weighted by Crippen LogP contribution is -2.12. The van der Waals surface area contributed by atoms with Crippen molar-refractivity contribution < 1.29 is 9.26 Å². The van der Waals surface area contributed by atoms with Gasteiger partial charge in [0.25, 0.3) is 0 Å². The van der Waals surface area contributed by atoms with Gasteiger partial charge in [0.15, 0.2) is 0 Å². The van der Waals surface area contributed by atoms with Gasteiger partial charge in [-0.3, -0.25) is 0 Å². The normalized spacial score (nSPS) is 22.9. The molecule has 1 atom stereocenters. The third-order valence-electron chi connectivity index (χ3n) is 2.18. The molecule has 1 aliphatic heterocycles. The monoisotopic (exact) mass is 168 g/mol. The van der Waals surface area contributed by atoms with Crippen molar-refractivity contribution in [3.63, 3.8) is 0 Å². The van der Waals surface area contributed by atoms with Crippen LogP contribution < -0.4 is 10.1 Å². The SMILES string of the molecule is COc1oncc1C1CCCN1. The van der Waals surface area contributed by atoms with Crippen LogP contribution in [0.15, 0.2) is 10.7 Å². The van der Waals surface area contributed by atoms with E-state index in [4.69, 9.17) is 9.26 Å². The Hall–Kier alpha value is -1.03. The Morgan fingerprint density at radius 3 is 3.33 bits per heavy atom. The second-order valence-corrected chi connectivity index (χ2v) is 2.92. The summed E-state index contributed by atoms with van der Waals surface area (Å²) in [6.45, 7) is 1.07. The Bertz CT molecular complexity index is 253. The van der Waals surface area contributed by atoms with Gasteiger partial charge >= 0.3 is 5.95 Å². The first-order chi connectivity index (χ1) is 5.92. The third-order valence-corrected chi connectivity index (χ3v) is 2.18. The molecule has 1 unspecified atom stereocenters. The Labute approximate surface area is 70.9 Å². The molecule has 0 bridgehead atoms. The number of nitrogens with zero attached hydrogens (tertiary/aromatic N) is 1. The molecule has 0 spiro atoms. The predicted octanol–water partition coefficient (Wildman–Crippen LogP) is 1.11. The van der Waals surface area contributed by atoms with Gasteiger partial charge in [-0.2, -0.15) is 0 Å². The lowest BCUT2D eigenvalue weighted by atomic mass is 10.1. The Kier molecular flexibility index (Phi) is 1.99. The van der Waals surface area contributed by atoms with Gasteiger partial charge in [-0.05, 0) is 19.4 Å². The zero-order valence-electron chi connectivity index (χ0n) is 7.04. The van der Waals surface area contributed by atoms with Crippen LogP contribution in [0.1, 0.15) is 24.4 Å². The number of ether oxygens (including phenoxy) is 1. The number of hydrogen-bond donors (Lipinski definition) is 1. The fourth-order valence-electron chi connectivity index (χ4n) is 1.57. The quantitative estimate of drug-likeness (QED) is 0.718. The van der Waals surface area contributed by atoms with Crippen LogP contribution in [0.5, 0.6) is 5.95 Å². The highest BCUT2D eigenvalue weighted by Crippen LogP contribution is 2.29. The molecule has 12 heavy (non-hydrogen) atoms. The predicted molar refractivity (Wildman–Crippen MR) is 43.0 cm³/mol. The van der Waals surface area contributed by atoms with Gasteiger partial charge in [-0.25, -0.2) is 0 Å². The number of hydrogen-bond acceptors (Lipinski definition) is 4. The fourth-order valence-corrected chi connectivity index (χ4v) is 1.57. The summed E-state index contributed by atoms with van der Waals surface area (Å²) in [5.41, 5.74) is 1.04. The van der Waals surface area contributed by atoms with Crippen LogP contribution in [0.2, 0.25) is 0 Å². The summed E-state index contributed by atoms with van der Waals surface area (Å²) < 4.78 is 9.94. The summed E-state index contributed by atoms with van der Waals surface area (Å²) in [6.07, 6.45) is 4.07. The number of nitrogens with one attached hydrogen (secondary N) is 1. The van der Waals surface area contributed by atoms with Gasteiger partial charge < -0.3 is 14.6 Å². The lowest BCUT2D eigenvalue weighted by Gasteiger charge is -2.06. The molecule has 1 saturated heterocycles. The average Bonchev–Trinajstić information content (AvgIpc) is 2.74. The molecule has 1 fully saturated rings. The second kappa shape index (κ2) is 3.15. The number of rotatable bonds is 2. The minimum atomic E-state index is 0.367. The summed E-state index contributed by atoms with van der Waals surface area (Å²) in [7, 11) is 1.60. The maximum Gasteiger partial charge on any atom is 0.315 e. The van der Waals surface area contributed by atoms with Gasteiger partial charge in [-0.1, -0.05) is 5.16 Å². The van der Waals surface area contributed by atoms with E-state index in [-0.39, 0.29) is 0 Å². The maximum absolute atomic E-state index is 5.03. The van der Waals surface area contributed by atoms with E-state index in [1.165, 1.54) is 6.42 Å². The summed E-state index contributed by atoms with van der Waals surface area (Å²) in [5.74, 6) is 0.536. The van der Waals surface area contributed by atoms with E-state index in [2.05, 4.69) is 10.5 Å². The van der Waals surface area contributed by atoms with E-state index >= 15 is 0 Å². The molecule has 1 aliphatic rings. The highest BCUT2D eigenvalue weighted by atomic mass is 16.6. The molecule has 0 saturated carbocycles. The van der Waals surface area contributed by atoms with Crippen LogP contribution in [-0.2, 0) is 0 Å². The molecule has 0 amide bonds. The van der Waals surface area contributed by atoms with Crippen molar-refractivity contribution in [2.45, 2.75) is 18.9 Å². The van der Waals surface area contributed by atoms with Crippen molar-refractivity contribution in [3.8, 4) is 5.95 Å². The van der Waals surface area contributed by atoms with E-state index in [9.17, 15) is 0 Å². The minimum Gasteiger partial charge on any atom is -0.467 e. The average molecular weight is 168 g/mol. The molecule has 0 radical (unpaired) electrons. The van der Waals surface area contributed by atoms with Crippen molar-refractivity contribution >= 4 is 0 Å². The van der Waals surface area contributed by atoms with Crippen LogP contribution in [-0.4, -0.2) is 18.8 Å². The molecular formula is C8H12N2O2. The summed E-state index contributed by atoms with van der Waals surface area (Å²) in [5, 5.41) is 7.05. The zero-order chi connectivity index (χ0) is 8.39. The van der Waals surface area contributed by atoms with Gasteiger partial charge in [0.05, 0.1) is 18.9 Å². The van der Waals surface area contributed by atoms with Gasteiger partial charge in [0.1, 0.15) is 0 Å². The molecule has 1 aromatic heterocycles. The molecule has 2 heterocycles. The summed E-state index contributed by atoms with van der Waals surface area (Å²) >= 11 is 0. The Balaban J connectivity index is 2.19. The van der Waals surface area contributed by atoms with Crippen molar-refractivity contribution in [1.82, 2.24) is 10.5 Å². The van der Waals surface area contributed by atoms with E-state index in [1.807, 2.05) is 0 Å². The molecule has 66 valence electrons. The summed E-state index contributed by atoms with van der Waals surface area (Å²) in [4.78, 5) is 0. The zero-order valence-corrected chi connectivity index (χ0v) is 7.04. The molecule has 0 aromatic carbocycles. The van der Waals surface area contributed by atoms with Gasteiger partial charge in [0.2, 0.25) is 0 Å². The van der Waals surface area contributed by atoms with Crippen molar-refractivity contribution in [2.24, 2.45) is 0 Å². The molecule has 1 N–H and O–H groups in total. The molecule has 2 rings (SSSR count). The highest BCUT2D eigenvalue weighted by Gasteiger charge is 2.22. The number of methoxy groups -OCH3 is 1. The Morgan fingerprint density at radius 1 is 1.75 bits per heavy atom. The molecule has 0 aliphatic carbocycles. The van der Waals surface area contributed by atoms with Crippen LogP contribution in [0.3, 0.4) is 0 Å². The van der Waals surface area contributed by atoms with Crippen LogP contribution in [0, 0.1) is 0 Å².